The van der Waals surface area contributed by atoms with Gasteiger partial charge in [-0.1, -0.05) is 23.8 Å². The zero-order chi connectivity index (χ0) is 19.4. The molecule has 3 aromatic rings. The average molecular weight is 366 g/mol. The smallest absolute Gasteiger partial charge is 0.283 e. The van der Waals surface area contributed by atoms with E-state index in [1.54, 1.807) is 17.7 Å². The van der Waals surface area contributed by atoms with Gasteiger partial charge in [-0.05, 0) is 38.1 Å². The van der Waals surface area contributed by atoms with Crippen molar-refractivity contribution in [3.63, 3.8) is 0 Å². The Morgan fingerprint density at radius 2 is 2.04 bits per heavy atom. The second-order valence-electron chi connectivity index (χ2n) is 6.08. The number of hydrogen-bond acceptors (Lipinski definition) is 5. The molecular formula is C20H22N4O3. The van der Waals surface area contributed by atoms with Crippen LogP contribution in [0.1, 0.15) is 12.5 Å². The molecule has 0 unspecified atom stereocenters. The maximum atomic E-state index is 12.1. The molecule has 0 atom stereocenters. The molecular weight excluding hydrogens is 344 g/mol. The monoisotopic (exact) mass is 366 g/mol. The second-order valence-corrected chi connectivity index (χ2v) is 6.08. The number of anilines is 1. The molecule has 1 heterocycles. The fourth-order valence-electron chi connectivity index (χ4n) is 2.96. The zero-order valence-corrected chi connectivity index (χ0v) is 15.6. The van der Waals surface area contributed by atoms with E-state index >= 15 is 0 Å². The normalized spacial score (nSPS) is 11.2. The highest BCUT2D eigenvalue weighted by Crippen LogP contribution is 2.39. The van der Waals surface area contributed by atoms with Gasteiger partial charge in [0.05, 0.1) is 24.9 Å². The summed E-state index contributed by atoms with van der Waals surface area (Å²) in [5.74, 6) is 0.194. The molecule has 0 aliphatic carbocycles. The van der Waals surface area contributed by atoms with Gasteiger partial charge in [0.15, 0.2) is 5.69 Å². The molecule has 0 fully saturated rings. The maximum Gasteiger partial charge on any atom is 0.283 e. The van der Waals surface area contributed by atoms with Crippen LogP contribution in [0.4, 0.5) is 11.4 Å². The summed E-state index contributed by atoms with van der Waals surface area (Å²) in [6, 6.07) is 13.1. The number of azo groups is 1. The van der Waals surface area contributed by atoms with E-state index in [1.165, 1.54) is 0 Å². The summed E-state index contributed by atoms with van der Waals surface area (Å²) in [4.78, 5) is 12.1. The van der Waals surface area contributed by atoms with Crippen LogP contribution in [0.25, 0.3) is 10.9 Å². The standard InChI is InChI=1S/C20H22N4O3/c1-4-24-16-10-9-13(2)11-14(16)19(20(24)26)23-22-18(25)12-21-15-7-5-6-8-17(15)27-3/h5-11,21,26H,4,12H2,1-3H3. The van der Waals surface area contributed by atoms with E-state index in [2.05, 4.69) is 15.5 Å². The van der Waals surface area contributed by atoms with Gasteiger partial charge in [0.2, 0.25) is 5.88 Å². The number of nitrogens with one attached hydrogen (secondary N) is 1. The van der Waals surface area contributed by atoms with Gasteiger partial charge in [-0.25, -0.2) is 0 Å². The topological polar surface area (TPSA) is 88.2 Å². The lowest BCUT2D eigenvalue weighted by molar-refractivity contribution is -0.116. The second kappa shape index (κ2) is 7.90. The Morgan fingerprint density at radius 3 is 2.78 bits per heavy atom. The minimum Gasteiger partial charge on any atom is -0.495 e. The van der Waals surface area contributed by atoms with E-state index in [0.29, 0.717) is 23.7 Å². The van der Waals surface area contributed by atoms with Crippen molar-refractivity contribution >= 4 is 28.2 Å². The molecule has 1 aromatic heterocycles. The van der Waals surface area contributed by atoms with Crippen molar-refractivity contribution in [2.75, 3.05) is 19.0 Å². The third-order valence-corrected chi connectivity index (χ3v) is 4.28. The summed E-state index contributed by atoms with van der Waals surface area (Å²) < 4.78 is 6.97. The van der Waals surface area contributed by atoms with E-state index in [0.717, 1.165) is 16.5 Å². The van der Waals surface area contributed by atoms with Crippen LogP contribution in [0.3, 0.4) is 0 Å². The quantitative estimate of drug-likeness (QED) is 0.633. The molecule has 1 amide bonds. The van der Waals surface area contributed by atoms with Crippen LogP contribution in [0, 0.1) is 6.92 Å². The number of hydrogen-bond donors (Lipinski definition) is 2. The SMILES string of the molecule is CCn1c(O)c(N=NC(=O)CNc2ccccc2OC)c2cc(C)ccc21. The number of carbonyl (C=O) groups excluding carboxylic acids is 1. The first kappa shape index (κ1) is 18.4. The van der Waals surface area contributed by atoms with Crippen LogP contribution in [0.2, 0.25) is 0 Å². The van der Waals surface area contributed by atoms with Crippen LogP contribution in [0.5, 0.6) is 11.6 Å². The van der Waals surface area contributed by atoms with Gasteiger partial charge in [-0.2, -0.15) is 0 Å². The van der Waals surface area contributed by atoms with Crippen molar-refractivity contribution in [3.05, 3.63) is 48.0 Å². The summed E-state index contributed by atoms with van der Waals surface area (Å²) in [6.45, 7) is 4.45. The number of rotatable bonds is 6. The van der Waals surface area contributed by atoms with Crippen LogP contribution < -0.4 is 10.1 Å². The molecule has 3 rings (SSSR count). The molecule has 0 saturated heterocycles. The number of nitrogens with zero attached hydrogens (tertiary/aromatic N) is 3. The molecule has 140 valence electrons. The number of carbonyl (C=O) groups is 1. The number of aryl methyl sites for hydroxylation is 2. The summed E-state index contributed by atoms with van der Waals surface area (Å²) >= 11 is 0. The van der Waals surface area contributed by atoms with Crippen molar-refractivity contribution in [1.82, 2.24) is 4.57 Å². The third-order valence-electron chi connectivity index (χ3n) is 4.28. The number of benzene rings is 2. The lowest BCUT2D eigenvalue weighted by atomic mass is 10.1. The number of fused-ring (bicyclic) bond motifs is 1. The largest absolute Gasteiger partial charge is 0.495 e. The first-order chi connectivity index (χ1) is 13.0. The minimum absolute atomic E-state index is 0.00679. The van der Waals surface area contributed by atoms with Crippen molar-refractivity contribution in [1.29, 1.82) is 0 Å². The summed E-state index contributed by atoms with van der Waals surface area (Å²) in [5, 5.41) is 22.0. The van der Waals surface area contributed by atoms with Gasteiger partial charge in [-0.3, -0.25) is 4.79 Å². The minimum atomic E-state index is -0.453. The molecule has 2 N–H and O–H groups in total. The Kier molecular flexibility index (Phi) is 5.40. The highest BCUT2D eigenvalue weighted by atomic mass is 16.5. The summed E-state index contributed by atoms with van der Waals surface area (Å²) in [5.41, 5.74) is 2.90. The van der Waals surface area contributed by atoms with Gasteiger partial charge in [-0.15, -0.1) is 10.2 Å². The first-order valence-corrected chi connectivity index (χ1v) is 8.68. The predicted molar refractivity (Wildman–Crippen MR) is 105 cm³/mol. The van der Waals surface area contributed by atoms with Crippen LogP contribution in [0.15, 0.2) is 52.7 Å². The fraction of sp³-hybridized carbons (Fsp3) is 0.250. The number of amides is 1. The molecule has 0 saturated carbocycles. The van der Waals surface area contributed by atoms with E-state index in [9.17, 15) is 9.90 Å². The molecule has 0 radical (unpaired) electrons. The maximum absolute atomic E-state index is 12.1. The first-order valence-electron chi connectivity index (χ1n) is 8.68. The number of aromatic hydroxyl groups is 1. The molecule has 2 aromatic carbocycles. The Hall–Kier alpha value is -3.35. The highest BCUT2D eigenvalue weighted by molar-refractivity contribution is 5.95. The molecule has 0 aliphatic rings. The fourth-order valence-corrected chi connectivity index (χ4v) is 2.96. The Labute approximate surface area is 157 Å². The third kappa shape index (κ3) is 3.76. The molecule has 7 nitrogen and oxygen atoms in total. The summed E-state index contributed by atoms with van der Waals surface area (Å²) in [7, 11) is 1.57. The Bertz CT molecular complexity index is 1010. The molecule has 0 bridgehead atoms. The van der Waals surface area contributed by atoms with Crippen molar-refractivity contribution in [2.24, 2.45) is 10.2 Å². The number of methoxy groups -OCH3 is 1. The van der Waals surface area contributed by atoms with E-state index in [4.69, 9.17) is 4.74 Å². The lowest BCUT2D eigenvalue weighted by Gasteiger charge is -2.08. The van der Waals surface area contributed by atoms with E-state index < -0.39 is 5.91 Å². The molecule has 27 heavy (non-hydrogen) atoms. The van der Waals surface area contributed by atoms with E-state index in [-0.39, 0.29) is 12.4 Å². The van der Waals surface area contributed by atoms with Gasteiger partial charge in [0.1, 0.15) is 5.75 Å². The lowest BCUT2D eigenvalue weighted by Crippen LogP contribution is -2.11. The van der Waals surface area contributed by atoms with Crippen molar-refractivity contribution in [3.8, 4) is 11.6 Å². The van der Waals surface area contributed by atoms with E-state index in [1.807, 2.05) is 50.2 Å². The van der Waals surface area contributed by atoms with Gasteiger partial charge < -0.3 is 19.7 Å². The van der Waals surface area contributed by atoms with Crippen LogP contribution >= 0.6 is 0 Å². The van der Waals surface area contributed by atoms with Gasteiger partial charge >= 0.3 is 0 Å². The zero-order valence-electron chi connectivity index (χ0n) is 15.6. The highest BCUT2D eigenvalue weighted by Gasteiger charge is 2.16. The van der Waals surface area contributed by atoms with Crippen LogP contribution in [-0.2, 0) is 11.3 Å². The molecule has 7 heteroatoms. The predicted octanol–water partition coefficient (Wildman–Crippen LogP) is 4.41. The Morgan fingerprint density at radius 1 is 1.26 bits per heavy atom. The molecule has 0 aliphatic heterocycles. The van der Waals surface area contributed by atoms with Gasteiger partial charge in [0, 0.05) is 11.9 Å². The van der Waals surface area contributed by atoms with Crippen LogP contribution in [-0.4, -0.2) is 29.2 Å². The Balaban J connectivity index is 1.80. The average Bonchev–Trinajstić information content (AvgIpc) is 2.94. The number of ether oxygens (including phenoxy) is 1. The van der Waals surface area contributed by atoms with Crippen molar-refractivity contribution in [2.45, 2.75) is 20.4 Å². The number of aromatic nitrogens is 1. The summed E-state index contributed by atoms with van der Waals surface area (Å²) in [6.07, 6.45) is 0. The van der Waals surface area contributed by atoms with Gasteiger partial charge in [0.25, 0.3) is 5.91 Å². The number of para-hydroxylation sites is 2. The van der Waals surface area contributed by atoms with Crippen molar-refractivity contribution < 1.29 is 14.6 Å². The molecule has 0 spiro atoms.